The summed E-state index contributed by atoms with van der Waals surface area (Å²) in [4.78, 5) is 23.6. The lowest BCUT2D eigenvalue weighted by Crippen LogP contribution is -2.51. The Balaban J connectivity index is 2.55. The van der Waals surface area contributed by atoms with E-state index in [4.69, 9.17) is 5.73 Å². The molecule has 0 aromatic heterocycles. The molecule has 0 aliphatic rings. The van der Waals surface area contributed by atoms with Gasteiger partial charge in [-0.25, -0.2) is 0 Å². The van der Waals surface area contributed by atoms with Crippen LogP contribution in [0.4, 0.5) is 5.69 Å². The minimum Gasteiger partial charge on any atom is -0.350 e. The standard InChI is InChI=1S/C17H27N3O2/c1-5-10-17(4,18)16(22)19-11-13-6-8-14(9-7-13)20-15(21)12(2)3/h6-9,12H,5,10-11,18H2,1-4H3,(H,19,22)(H,20,21). The van der Waals surface area contributed by atoms with Gasteiger partial charge in [0.05, 0.1) is 5.54 Å². The van der Waals surface area contributed by atoms with Crippen LogP contribution < -0.4 is 16.4 Å². The van der Waals surface area contributed by atoms with Crippen molar-refractivity contribution >= 4 is 17.5 Å². The Morgan fingerprint density at radius 1 is 1.23 bits per heavy atom. The average molecular weight is 305 g/mol. The number of nitrogens with two attached hydrogens (primary N) is 1. The number of anilines is 1. The highest BCUT2D eigenvalue weighted by Crippen LogP contribution is 2.12. The Morgan fingerprint density at radius 2 is 1.82 bits per heavy atom. The maximum Gasteiger partial charge on any atom is 0.240 e. The predicted octanol–water partition coefficient (Wildman–Crippen LogP) is 2.41. The molecule has 0 bridgehead atoms. The summed E-state index contributed by atoms with van der Waals surface area (Å²) in [5.41, 5.74) is 6.86. The molecule has 1 atom stereocenters. The van der Waals surface area contributed by atoms with Crippen LogP contribution in [0.3, 0.4) is 0 Å². The fraction of sp³-hybridized carbons (Fsp3) is 0.529. The predicted molar refractivity (Wildman–Crippen MR) is 89.3 cm³/mol. The molecule has 1 aromatic rings. The molecule has 5 heteroatoms. The molecule has 22 heavy (non-hydrogen) atoms. The Labute approximate surface area is 132 Å². The Kier molecular flexibility index (Phi) is 6.56. The normalized spacial score (nSPS) is 13.5. The second-order valence-electron chi connectivity index (χ2n) is 6.19. The lowest BCUT2D eigenvalue weighted by molar-refractivity contribution is -0.126. The fourth-order valence-electron chi connectivity index (χ4n) is 2.01. The second-order valence-corrected chi connectivity index (χ2v) is 6.19. The van der Waals surface area contributed by atoms with Crippen LogP contribution in [0, 0.1) is 5.92 Å². The SMILES string of the molecule is CCCC(C)(N)C(=O)NCc1ccc(NC(=O)C(C)C)cc1. The summed E-state index contributed by atoms with van der Waals surface area (Å²) in [6.45, 7) is 7.87. The summed E-state index contributed by atoms with van der Waals surface area (Å²) in [6.07, 6.45) is 1.52. The van der Waals surface area contributed by atoms with Gasteiger partial charge in [0.25, 0.3) is 0 Å². The summed E-state index contributed by atoms with van der Waals surface area (Å²) in [5.74, 6) is -0.217. The van der Waals surface area contributed by atoms with Gasteiger partial charge in [-0.3, -0.25) is 9.59 Å². The highest BCUT2D eigenvalue weighted by atomic mass is 16.2. The maximum atomic E-state index is 12.0. The number of benzene rings is 1. The van der Waals surface area contributed by atoms with E-state index in [2.05, 4.69) is 10.6 Å². The summed E-state index contributed by atoms with van der Waals surface area (Å²) >= 11 is 0. The lowest BCUT2D eigenvalue weighted by atomic mass is 9.96. The number of carbonyl (C=O) groups excluding carboxylic acids is 2. The molecule has 0 radical (unpaired) electrons. The van der Waals surface area contributed by atoms with Gasteiger partial charge in [0.15, 0.2) is 0 Å². The van der Waals surface area contributed by atoms with Crippen LogP contribution >= 0.6 is 0 Å². The van der Waals surface area contributed by atoms with Gasteiger partial charge in [-0.05, 0) is 31.0 Å². The molecule has 0 saturated heterocycles. The van der Waals surface area contributed by atoms with Crippen molar-refractivity contribution in [2.75, 3.05) is 5.32 Å². The van der Waals surface area contributed by atoms with E-state index in [1.165, 1.54) is 0 Å². The summed E-state index contributed by atoms with van der Waals surface area (Å²) in [7, 11) is 0. The van der Waals surface area contributed by atoms with Gasteiger partial charge in [-0.15, -0.1) is 0 Å². The zero-order valence-electron chi connectivity index (χ0n) is 13.9. The molecule has 122 valence electrons. The van der Waals surface area contributed by atoms with E-state index in [1.54, 1.807) is 6.92 Å². The van der Waals surface area contributed by atoms with Gasteiger partial charge >= 0.3 is 0 Å². The molecule has 0 fully saturated rings. The number of carbonyl (C=O) groups is 2. The molecule has 5 nitrogen and oxygen atoms in total. The smallest absolute Gasteiger partial charge is 0.240 e. The summed E-state index contributed by atoms with van der Waals surface area (Å²) in [5, 5.41) is 5.68. The minimum absolute atomic E-state index is 0.0143. The molecule has 1 rings (SSSR count). The van der Waals surface area contributed by atoms with E-state index in [0.717, 1.165) is 17.7 Å². The molecule has 0 heterocycles. The Morgan fingerprint density at radius 3 is 2.32 bits per heavy atom. The number of hydrogen-bond acceptors (Lipinski definition) is 3. The number of amides is 2. The summed E-state index contributed by atoms with van der Waals surface area (Å²) < 4.78 is 0. The van der Waals surface area contributed by atoms with Gasteiger partial charge < -0.3 is 16.4 Å². The van der Waals surface area contributed by atoms with E-state index in [-0.39, 0.29) is 17.7 Å². The zero-order chi connectivity index (χ0) is 16.8. The van der Waals surface area contributed by atoms with Gasteiger partial charge in [0.2, 0.25) is 11.8 Å². The van der Waals surface area contributed by atoms with Crippen LogP contribution in [-0.4, -0.2) is 17.4 Å². The molecular weight excluding hydrogens is 278 g/mol. The zero-order valence-corrected chi connectivity index (χ0v) is 13.9. The van der Waals surface area contributed by atoms with Crippen molar-refractivity contribution in [1.82, 2.24) is 5.32 Å². The molecule has 1 aromatic carbocycles. The van der Waals surface area contributed by atoms with Crippen molar-refractivity contribution in [2.45, 2.75) is 52.6 Å². The minimum atomic E-state index is -0.833. The van der Waals surface area contributed by atoms with Crippen molar-refractivity contribution < 1.29 is 9.59 Å². The molecule has 0 aliphatic carbocycles. The van der Waals surface area contributed by atoms with Crippen molar-refractivity contribution in [3.63, 3.8) is 0 Å². The largest absolute Gasteiger partial charge is 0.350 e. The maximum absolute atomic E-state index is 12.0. The fourth-order valence-corrected chi connectivity index (χ4v) is 2.01. The van der Waals surface area contributed by atoms with Crippen LogP contribution in [0.1, 0.15) is 46.1 Å². The average Bonchev–Trinajstić information content (AvgIpc) is 2.45. The third-order valence-electron chi connectivity index (χ3n) is 3.49. The van der Waals surface area contributed by atoms with Gasteiger partial charge in [0.1, 0.15) is 0 Å². The number of nitrogens with one attached hydrogen (secondary N) is 2. The number of hydrogen-bond donors (Lipinski definition) is 3. The third-order valence-corrected chi connectivity index (χ3v) is 3.49. The topological polar surface area (TPSA) is 84.2 Å². The van der Waals surface area contributed by atoms with Crippen LogP contribution in [0.5, 0.6) is 0 Å². The monoisotopic (exact) mass is 305 g/mol. The van der Waals surface area contributed by atoms with Crippen molar-refractivity contribution in [3.8, 4) is 0 Å². The quantitative estimate of drug-likeness (QED) is 0.723. The van der Waals surface area contributed by atoms with E-state index in [9.17, 15) is 9.59 Å². The van der Waals surface area contributed by atoms with E-state index >= 15 is 0 Å². The Hall–Kier alpha value is -1.88. The molecular formula is C17H27N3O2. The Bertz CT molecular complexity index is 507. The van der Waals surface area contributed by atoms with E-state index in [0.29, 0.717) is 13.0 Å². The third kappa shape index (κ3) is 5.48. The van der Waals surface area contributed by atoms with Gasteiger partial charge in [-0.1, -0.05) is 39.3 Å². The highest BCUT2D eigenvalue weighted by Gasteiger charge is 2.26. The highest BCUT2D eigenvalue weighted by molar-refractivity contribution is 5.92. The van der Waals surface area contributed by atoms with E-state index < -0.39 is 5.54 Å². The summed E-state index contributed by atoms with van der Waals surface area (Å²) in [6, 6.07) is 7.42. The first-order valence-corrected chi connectivity index (χ1v) is 7.73. The molecule has 2 amide bonds. The van der Waals surface area contributed by atoms with Gasteiger partial charge in [-0.2, -0.15) is 0 Å². The van der Waals surface area contributed by atoms with Crippen LogP contribution in [0.15, 0.2) is 24.3 Å². The lowest BCUT2D eigenvalue weighted by Gasteiger charge is -2.22. The number of rotatable bonds is 7. The molecule has 1 unspecified atom stereocenters. The van der Waals surface area contributed by atoms with Crippen LogP contribution in [0.2, 0.25) is 0 Å². The van der Waals surface area contributed by atoms with Crippen molar-refractivity contribution in [1.29, 1.82) is 0 Å². The van der Waals surface area contributed by atoms with Crippen molar-refractivity contribution in [2.24, 2.45) is 11.7 Å². The van der Waals surface area contributed by atoms with Crippen LogP contribution in [-0.2, 0) is 16.1 Å². The van der Waals surface area contributed by atoms with Gasteiger partial charge in [0, 0.05) is 18.2 Å². The van der Waals surface area contributed by atoms with Crippen LogP contribution in [0.25, 0.3) is 0 Å². The molecule has 0 aliphatic heterocycles. The first-order valence-electron chi connectivity index (χ1n) is 7.73. The molecule has 0 spiro atoms. The van der Waals surface area contributed by atoms with E-state index in [1.807, 2.05) is 45.0 Å². The molecule has 4 N–H and O–H groups in total. The first kappa shape index (κ1) is 18.2. The molecule has 0 saturated carbocycles. The van der Waals surface area contributed by atoms with Crippen molar-refractivity contribution in [3.05, 3.63) is 29.8 Å². The second kappa shape index (κ2) is 7.94. The first-order chi connectivity index (χ1) is 10.3.